The predicted octanol–water partition coefficient (Wildman–Crippen LogP) is 3.93. The van der Waals surface area contributed by atoms with Crippen molar-refractivity contribution in [3.63, 3.8) is 0 Å². The smallest absolute Gasteiger partial charge is 0.307 e. The quantitative estimate of drug-likeness (QED) is 0.420. The van der Waals surface area contributed by atoms with E-state index in [1.165, 1.54) is 4.31 Å². The molecule has 0 saturated carbocycles. The van der Waals surface area contributed by atoms with Gasteiger partial charge in [-0.15, -0.1) is 0 Å². The van der Waals surface area contributed by atoms with Crippen molar-refractivity contribution in [1.82, 2.24) is 0 Å². The first kappa shape index (κ1) is 22.2. The van der Waals surface area contributed by atoms with E-state index in [1.54, 1.807) is 36.1 Å². The molecule has 0 spiro atoms. The highest BCUT2D eigenvalue weighted by atomic mass is 32.2. The number of unbranched alkanes of at least 4 members (excludes halogenated alkanes) is 1. The van der Waals surface area contributed by atoms with Gasteiger partial charge in [-0.25, -0.2) is 0 Å². The second-order valence-electron chi connectivity index (χ2n) is 7.23. The van der Waals surface area contributed by atoms with Crippen LogP contribution in [0.3, 0.4) is 0 Å². The van der Waals surface area contributed by atoms with E-state index >= 15 is 0 Å². The van der Waals surface area contributed by atoms with Crippen LogP contribution in [-0.2, 0) is 20.8 Å². The van der Waals surface area contributed by atoms with E-state index in [0.717, 1.165) is 23.9 Å². The van der Waals surface area contributed by atoms with Crippen LogP contribution in [0.5, 0.6) is 0 Å². The third kappa shape index (κ3) is 4.06. The zero-order chi connectivity index (χ0) is 21.8. The van der Waals surface area contributed by atoms with E-state index in [4.69, 9.17) is 4.74 Å². The molecule has 0 bridgehead atoms. The summed E-state index contributed by atoms with van der Waals surface area (Å²) in [6.07, 6.45) is 2.17. The average Bonchev–Trinajstić information content (AvgIpc) is 3.00. The molecule has 2 aromatic carbocycles. The summed E-state index contributed by atoms with van der Waals surface area (Å²) in [6.45, 7) is 6.42. The van der Waals surface area contributed by atoms with Crippen molar-refractivity contribution in [3.05, 3.63) is 35.9 Å². The lowest BCUT2D eigenvalue weighted by Crippen LogP contribution is -2.39. The monoisotopic (exact) mass is 431 g/mol. The molecule has 1 aliphatic heterocycles. The molecule has 1 aliphatic rings. The molecular weight excluding hydrogens is 404 g/mol. The summed E-state index contributed by atoms with van der Waals surface area (Å²) in [5.74, 6) is -0.508. The fourth-order valence-corrected chi connectivity index (χ4v) is 4.83. The molecule has 30 heavy (non-hydrogen) atoms. The van der Waals surface area contributed by atoms with E-state index in [-0.39, 0.29) is 18.9 Å². The van der Waals surface area contributed by atoms with Gasteiger partial charge in [0.15, 0.2) is 0 Å². The third-order valence-electron chi connectivity index (χ3n) is 5.41. The topological polar surface area (TPSA) is 90.0 Å². The molecule has 1 heterocycles. The Morgan fingerprint density at radius 2 is 2.00 bits per heavy atom. The number of anilines is 2. The largest absolute Gasteiger partial charge is 0.755 e. The summed E-state index contributed by atoms with van der Waals surface area (Å²) in [5.41, 5.74) is 1.82. The van der Waals surface area contributed by atoms with Crippen molar-refractivity contribution in [1.29, 1.82) is 0 Å². The zero-order valence-electron chi connectivity index (χ0n) is 17.6. The van der Waals surface area contributed by atoms with Gasteiger partial charge < -0.3 is 14.2 Å². The number of nitrogens with zero attached hydrogens (tertiary/aromatic N) is 2. The van der Waals surface area contributed by atoms with Crippen molar-refractivity contribution in [3.8, 4) is 0 Å². The Morgan fingerprint density at radius 3 is 2.63 bits per heavy atom. The number of amides is 1. The maximum absolute atomic E-state index is 12.7. The van der Waals surface area contributed by atoms with Gasteiger partial charge in [0, 0.05) is 34.1 Å². The van der Waals surface area contributed by atoms with Crippen LogP contribution in [0.25, 0.3) is 10.8 Å². The van der Waals surface area contributed by atoms with Crippen LogP contribution in [0.2, 0.25) is 0 Å². The fourth-order valence-electron chi connectivity index (χ4n) is 4.09. The van der Waals surface area contributed by atoms with Gasteiger partial charge in [0.05, 0.1) is 30.4 Å². The van der Waals surface area contributed by atoms with Crippen LogP contribution in [0, 0.1) is 0 Å². The molecule has 0 N–H and O–H groups in total. The van der Waals surface area contributed by atoms with Crippen molar-refractivity contribution in [2.75, 3.05) is 22.4 Å². The van der Waals surface area contributed by atoms with E-state index in [0.29, 0.717) is 29.6 Å². The molecule has 0 aliphatic carbocycles. The summed E-state index contributed by atoms with van der Waals surface area (Å²) in [5, 5.41) is 1.44. The Hall–Kier alpha value is -2.45. The fraction of sp³-hybridized carbons (Fsp3) is 0.455. The first-order valence-corrected chi connectivity index (χ1v) is 11.4. The van der Waals surface area contributed by atoms with Gasteiger partial charge in [-0.05, 0) is 38.5 Å². The number of rotatable bonds is 10. The van der Waals surface area contributed by atoms with Crippen LogP contribution < -0.4 is 9.21 Å². The Morgan fingerprint density at radius 1 is 1.23 bits per heavy atom. The normalized spacial score (nSPS) is 14.8. The molecule has 7 nitrogen and oxygen atoms in total. The van der Waals surface area contributed by atoms with Crippen molar-refractivity contribution < 1.29 is 23.1 Å². The van der Waals surface area contributed by atoms with Crippen LogP contribution in [0.1, 0.15) is 56.8 Å². The van der Waals surface area contributed by atoms with Crippen molar-refractivity contribution in [2.24, 2.45) is 0 Å². The highest BCUT2D eigenvalue weighted by Crippen LogP contribution is 2.42. The Labute approximate surface area is 179 Å². The van der Waals surface area contributed by atoms with Crippen molar-refractivity contribution in [2.45, 2.75) is 52.5 Å². The molecule has 2 atom stereocenters. The molecule has 8 heteroatoms. The van der Waals surface area contributed by atoms with Gasteiger partial charge in [0.1, 0.15) is 0 Å². The average molecular weight is 432 g/mol. The first-order valence-electron chi connectivity index (χ1n) is 10.4. The number of esters is 1. The zero-order valence-corrected chi connectivity index (χ0v) is 18.4. The minimum absolute atomic E-state index is 0.0230. The minimum Gasteiger partial charge on any atom is -0.755 e. The van der Waals surface area contributed by atoms with Gasteiger partial charge in [-0.2, -0.15) is 0 Å². The molecule has 0 radical (unpaired) electrons. The van der Waals surface area contributed by atoms with Gasteiger partial charge in [-0.3, -0.25) is 18.1 Å². The summed E-state index contributed by atoms with van der Waals surface area (Å²) in [6, 6.07) is 8.31. The summed E-state index contributed by atoms with van der Waals surface area (Å²) < 4.78 is 31.1. The number of carbonyl (C=O) groups excluding carboxylic acids is 2. The second kappa shape index (κ2) is 9.57. The van der Waals surface area contributed by atoms with E-state index in [1.807, 2.05) is 19.9 Å². The molecule has 0 fully saturated rings. The molecule has 2 aromatic rings. The first-order chi connectivity index (χ1) is 14.4. The molecule has 0 aromatic heterocycles. The number of ether oxygens (including phenoxy) is 1. The lowest BCUT2D eigenvalue weighted by molar-refractivity contribution is -0.143. The highest BCUT2D eigenvalue weighted by molar-refractivity contribution is 7.80. The Bertz CT molecular complexity index is 977. The van der Waals surface area contributed by atoms with Crippen molar-refractivity contribution >= 4 is 45.3 Å². The third-order valence-corrected chi connectivity index (χ3v) is 6.22. The van der Waals surface area contributed by atoms with Crippen LogP contribution >= 0.6 is 0 Å². The van der Waals surface area contributed by atoms with E-state index in [2.05, 4.69) is 0 Å². The number of benzene rings is 2. The Kier molecular flexibility index (Phi) is 7.10. The molecular formula is C22H27N2O5S-. The lowest BCUT2D eigenvalue weighted by Gasteiger charge is -2.35. The molecule has 162 valence electrons. The molecule has 3 rings (SSSR count). The maximum Gasteiger partial charge on any atom is 0.307 e. The SMILES string of the molecule is CCCCC(CC(=O)OCC)N(c1ccc2c3c(cccc13)C(=O)N2CC)S(=O)[O-]. The number of carbonyl (C=O) groups is 2. The summed E-state index contributed by atoms with van der Waals surface area (Å²) in [7, 11) is 0. The molecule has 2 unspecified atom stereocenters. The summed E-state index contributed by atoms with van der Waals surface area (Å²) >= 11 is -2.60. The van der Waals surface area contributed by atoms with Gasteiger partial charge in [0.2, 0.25) is 0 Å². The number of hydrogen-bond acceptors (Lipinski definition) is 5. The summed E-state index contributed by atoms with van der Waals surface area (Å²) in [4.78, 5) is 26.6. The van der Waals surface area contributed by atoms with E-state index in [9.17, 15) is 18.4 Å². The van der Waals surface area contributed by atoms with Crippen LogP contribution in [0.4, 0.5) is 11.4 Å². The molecule has 0 saturated heterocycles. The van der Waals surface area contributed by atoms with Gasteiger partial charge in [0.25, 0.3) is 5.91 Å². The minimum atomic E-state index is -2.60. The second-order valence-corrected chi connectivity index (χ2v) is 8.06. The van der Waals surface area contributed by atoms with Gasteiger partial charge >= 0.3 is 5.97 Å². The van der Waals surface area contributed by atoms with E-state index < -0.39 is 23.3 Å². The highest BCUT2D eigenvalue weighted by Gasteiger charge is 2.32. The number of hydrogen-bond donors (Lipinski definition) is 0. The van der Waals surface area contributed by atoms with Crippen LogP contribution in [-0.4, -0.2) is 39.8 Å². The standard InChI is InChI=1S/C22H28N2O5S/c1-4-7-9-15(14-20(25)29-6-3)24(30(27)28)18-12-13-19-21-16(18)10-8-11-17(21)22(26)23(19)5-2/h8,10-13,15H,4-7,9,14H2,1-3H3,(H,27,28)/p-1. The molecule has 1 amide bonds. The van der Waals surface area contributed by atoms with Gasteiger partial charge in [-0.1, -0.05) is 31.9 Å². The lowest BCUT2D eigenvalue weighted by atomic mass is 10.0. The Balaban J connectivity index is 2.12. The maximum atomic E-state index is 12.7. The van der Waals surface area contributed by atoms with Crippen LogP contribution in [0.15, 0.2) is 30.3 Å². The predicted molar refractivity (Wildman–Crippen MR) is 117 cm³/mol.